The standard InChI is InChI=1S/C20H21NO5S/c22-20(23)14-26-19-11-5-8-16-17(19)9-4-10-18(16)21-27(24,25)13-12-15-6-2-1-3-7-15/h1-3,5-8,11-13,18,21H,4,9-10,14H2,(H,22,23)/b13-12+. The van der Waals surface area contributed by atoms with Gasteiger partial charge in [0.25, 0.3) is 0 Å². The molecule has 0 bridgehead atoms. The molecule has 1 atom stereocenters. The monoisotopic (exact) mass is 387 g/mol. The van der Waals surface area contributed by atoms with Gasteiger partial charge in [0.05, 0.1) is 0 Å². The molecule has 2 N–H and O–H groups in total. The average molecular weight is 387 g/mol. The van der Waals surface area contributed by atoms with Crippen molar-refractivity contribution in [2.75, 3.05) is 6.61 Å². The molecule has 0 fully saturated rings. The predicted octanol–water partition coefficient (Wildman–Crippen LogP) is 3.12. The molecular weight excluding hydrogens is 366 g/mol. The number of nitrogens with one attached hydrogen (secondary N) is 1. The van der Waals surface area contributed by atoms with Crippen LogP contribution in [0.15, 0.2) is 53.9 Å². The molecule has 0 amide bonds. The lowest BCUT2D eigenvalue weighted by Gasteiger charge is -2.27. The van der Waals surface area contributed by atoms with Crippen LogP contribution in [0.25, 0.3) is 6.08 Å². The Balaban J connectivity index is 1.78. The first kappa shape index (κ1) is 19.1. The van der Waals surface area contributed by atoms with Crippen molar-refractivity contribution in [1.82, 2.24) is 4.72 Å². The summed E-state index contributed by atoms with van der Waals surface area (Å²) in [5.74, 6) is -0.551. The molecule has 0 saturated carbocycles. The summed E-state index contributed by atoms with van der Waals surface area (Å²) in [7, 11) is -3.63. The number of hydrogen-bond donors (Lipinski definition) is 2. The van der Waals surface area contributed by atoms with E-state index in [1.807, 2.05) is 36.4 Å². The fourth-order valence-corrected chi connectivity index (χ4v) is 4.24. The van der Waals surface area contributed by atoms with Gasteiger partial charge in [-0.05, 0) is 48.1 Å². The second-order valence-electron chi connectivity index (χ2n) is 6.33. The molecule has 1 aliphatic rings. The van der Waals surface area contributed by atoms with E-state index in [0.29, 0.717) is 12.2 Å². The number of benzene rings is 2. The Labute approximate surface area is 158 Å². The number of hydrogen-bond acceptors (Lipinski definition) is 4. The van der Waals surface area contributed by atoms with Crippen molar-refractivity contribution in [3.63, 3.8) is 0 Å². The second kappa shape index (κ2) is 8.37. The molecule has 7 heteroatoms. The van der Waals surface area contributed by atoms with E-state index < -0.39 is 22.6 Å². The van der Waals surface area contributed by atoms with Gasteiger partial charge in [0, 0.05) is 11.4 Å². The van der Waals surface area contributed by atoms with Gasteiger partial charge in [-0.1, -0.05) is 42.5 Å². The fourth-order valence-electron chi connectivity index (χ4n) is 3.18. The molecule has 2 aromatic carbocycles. The van der Waals surface area contributed by atoms with Crippen molar-refractivity contribution < 1.29 is 23.1 Å². The van der Waals surface area contributed by atoms with Crippen LogP contribution in [0.5, 0.6) is 5.75 Å². The van der Waals surface area contributed by atoms with Gasteiger partial charge < -0.3 is 9.84 Å². The molecule has 27 heavy (non-hydrogen) atoms. The van der Waals surface area contributed by atoms with Crippen LogP contribution in [0, 0.1) is 0 Å². The highest BCUT2D eigenvalue weighted by atomic mass is 32.2. The zero-order valence-electron chi connectivity index (χ0n) is 14.7. The Morgan fingerprint density at radius 2 is 1.96 bits per heavy atom. The Morgan fingerprint density at radius 1 is 1.19 bits per heavy atom. The molecule has 0 heterocycles. The van der Waals surface area contributed by atoms with Crippen LogP contribution < -0.4 is 9.46 Å². The number of ether oxygens (including phenoxy) is 1. The van der Waals surface area contributed by atoms with Crippen molar-refractivity contribution >= 4 is 22.1 Å². The van der Waals surface area contributed by atoms with Gasteiger partial charge >= 0.3 is 5.97 Å². The van der Waals surface area contributed by atoms with E-state index in [-0.39, 0.29) is 6.04 Å². The Kier molecular flexibility index (Phi) is 5.93. The van der Waals surface area contributed by atoms with Gasteiger partial charge in [-0.3, -0.25) is 0 Å². The van der Waals surface area contributed by atoms with Crippen LogP contribution in [-0.2, 0) is 21.2 Å². The van der Waals surface area contributed by atoms with E-state index in [4.69, 9.17) is 9.84 Å². The lowest BCUT2D eigenvalue weighted by molar-refractivity contribution is -0.139. The molecule has 0 saturated heterocycles. The van der Waals surface area contributed by atoms with Crippen molar-refractivity contribution in [2.24, 2.45) is 0 Å². The highest BCUT2D eigenvalue weighted by Crippen LogP contribution is 2.35. The number of sulfonamides is 1. The van der Waals surface area contributed by atoms with Crippen LogP contribution in [-0.4, -0.2) is 26.1 Å². The summed E-state index contributed by atoms with van der Waals surface area (Å²) >= 11 is 0. The summed E-state index contributed by atoms with van der Waals surface area (Å²) in [6.07, 6.45) is 3.74. The summed E-state index contributed by atoms with van der Waals surface area (Å²) in [6.45, 7) is -0.424. The van der Waals surface area contributed by atoms with Gasteiger partial charge in [-0.2, -0.15) is 0 Å². The van der Waals surface area contributed by atoms with E-state index in [9.17, 15) is 13.2 Å². The molecule has 142 valence electrons. The van der Waals surface area contributed by atoms with E-state index in [1.165, 1.54) is 5.41 Å². The van der Waals surface area contributed by atoms with Gasteiger partial charge in [-0.15, -0.1) is 0 Å². The van der Waals surface area contributed by atoms with Gasteiger partial charge in [-0.25, -0.2) is 17.9 Å². The van der Waals surface area contributed by atoms with Crippen LogP contribution in [0.4, 0.5) is 0 Å². The van der Waals surface area contributed by atoms with Crippen molar-refractivity contribution in [3.8, 4) is 5.75 Å². The first-order chi connectivity index (χ1) is 12.9. The van der Waals surface area contributed by atoms with E-state index in [2.05, 4.69) is 4.72 Å². The number of carboxylic acid groups (broad SMARTS) is 1. The third-order valence-electron chi connectivity index (χ3n) is 4.36. The van der Waals surface area contributed by atoms with Crippen LogP contribution in [0.2, 0.25) is 0 Å². The molecule has 0 spiro atoms. The molecule has 3 rings (SSSR count). The maximum atomic E-state index is 12.5. The molecule has 0 aliphatic heterocycles. The summed E-state index contributed by atoms with van der Waals surface area (Å²) in [5.41, 5.74) is 2.50. The van der Waals surface area contributed by atoms with E-state index in [1.54, 1.807) is 18.2 Å². The van der Waals surface area contributed by atoms with Gasteiger partial charge in [0.2, 0.25) is 10.0 Å². The molecule has 0 radical (unpaired) electrons. The molecule has 1 aliphatic carbocycles. The zero-order chi connectivity index (χ0) is 19.3. The largest absolute Gasteiger partial charge is 0.482 e. The summed E-state index contributed by atoms with van der Waals surface area (Å²) in [6, 6.07) is 14.2. The summed E-state index contributed by atoms with van der Waals surface area (Å²) < 4.78 is 33.0. The summed E-state index contributed by atoms with van der Waals surface area (Å²) in [4.78, 5) is 10.8. The average Bonchev–Trinajstić information content (AvgIpc) is 2.66. The minimum Gasteiger partial charge on any atom is -0.482 e. The van der Waals surface area contributed by atoms with Crippen molar-refractivity contribution in [3.05, 3.63) is 70.6 Å². The van der Waals surface area contributed by atoms with Crippen molar-refractivity contribution in [1.29, 1.82) is 0 Å². The minimum absolute atomic E-state index is 0.368. The van der Waals surface area contributed by atoms with Gasteiger partial charge in [0.1, 0.15) is 5.75 Å². The predicted molar refractivity (Wildman–Crippen MR) is 103 cm³/mol. The highest BCUT2D eigenvalue weighted by Gasteiger charge is 2.26. The smallest absolute Gasteiger partial charge is 0.341 e. The SMILES string of the molecule is O=C(O)COc1cccc2c1CCCC2NS(=O)(=O)/C=C/c1ccccc1. The molecule has 1 unspecified atom stereocenters. The number of aliphatic carboxylic acids is 1. The Bertz CT molecular complexity index is 938. The quantitative estimate of drug-likeness (QED) is 0.761. The van der Waals surface area contributed by atoms with Crippen LogP contribution in [0.3, 0.4) is 0 Å². The number of fused-ring (bicyclic) bond motifs is 1. The second-order valence-corrected chi connectivity index (χ2v) is 7.93. The number of carboxylic acids is 1. The summed E-state index contributed by atoms with van der Waals surface area (Å²) in [5, 5.41) is 9.98. The normalized spacial score (nSPS) is 16.8. The third-order valence-corrected chi connectivity index (χ3v) is 5.47. The lowest BCUT2D eigenvalue weighted by atomic mass is 9.87. The maximum Gasteiger partial charge on any atom is 0.341 e. The lowest BCUT2D eigenvalue weighted by Crippen LogP contribution is -2.29. The van der Waals surface area contributed by atoms with E-state index >= 15 is 0 Å². The maximum absolute atomic E-state index is 12.5. The van der Waals surface area contributed by atoms with Crippen molar-refractivity contribution in [2.45, 2.75) is 25.3 Å². The third kappa shape index (κ3) is 5.18. The minimum atomic E-state index is -3.63. The highest BCUT2D eigenvalue weighted by molar-refractivity contribution is 7.92. The Hall–Kier alpha value is -2.64. The number of carbonyl (C=O) groups is 1. The first-order valence-electron chi connectivity index (χ1n) is 8.66. The molecule has 2 aromatic rings. The first-order valence-corrected chi connectivity index (χ1v) is 10.2. The molecular formula is C20H21NO5S. The van der Waals surface area contributed by atoms with E-state index in [0.717, 1.165) is 29.5 Å². The molecule has 6 nitrogen and oxygen atoms in total. The molecule has 0 aromatic heterocycles. The number of rotatable bonds is 7. The van der Waals surface area contributed by atoms with Crippen LogP contribution >= 0.6 is 0 Å². The van der Waals surface area contributed by atoms with Gasteiger partial charge in [0.15, 0.2) is 6.61 Å². The zero-order valence-corrected chi connectivity index (χ0v) is 15.5. The topological polar surface area (TPSA) is 92.7 Å². The fraction of sp³-hybridized carbons (Fsp3) is 0.250. The van der Waals surface area contributed by atoms with Crippen LogP contribution in [0.1, 0.15) is 35.6 Å². The Morgan fingerprint density at radius 3 is 2.70 bits per heavy atom.